The van der Waals surface area contributed by atoms with Crippen LogP contribution in [0.2, 0.25) is 5.02 Å². The van der Waals surface area contributed by atoms with Gasteiger partial charge in [-0.1, -0.05) is 42.4 Å². The Balaban J connectivity index is 1.32. The molecule has 5 rings (SSSR count). The van der Waals surface area contributed by atoms with Crippen LogP contribution in [0.25, 0.3) is 34.2 Å². The highest BCUT2D eigenvalue weighted by Gasteiger charge is 2.19. The summed E-state index contributed by atoms with van der Waals surface area (Å²) in [7, 11) is 1.90. The maximum Gasteiger partial charge on any atom is 0.246 e. The van der Waals surface area contributed by atoms with Gasteiger partial charge >= 0.3 is 0 Å². The number of aromatic nitrogens is 4. The molecule has 0 spiro atoms. The van der Waals surface area contributed by atoms with Crippen LogP contribution in [0, 0.1) is 0 Å². The Morgan fingerprint density at radius 1 is 1.14 bits per heavy atom. The number of piperazine rings is 1. The van der Waals surface area contributed by atoms with Crippen molar-refractivity contribution in [3.63, 3.8) is 0 Å². The summed E-state index contributed by atoms with van der Waals surface area (Å²) in [6.45, 7) is 7.63. The number of amides is 1. The van der Waals surface area contributed by atoms with Crippen molar-refractivity contribution in [2.45, 2.75) is 6.54 Å². The molecule has 1 saturated heterocycles. The van der Waals surface area contributed by atoms with Gasteiger partial charge in [-0.3, -0.25) is 19.5 Å². The SMILES string of the molecule is C=CC(=O)N1CCN(Cc2ccc(-c3cc4c(/C=C/c5cnn(C)c5)n[nH]c4cc3Cl)cc2)CC1. The maximum absolute atomic E-state index is 11.8. The largest absolute Gasteiger partial charge is 0.337 e. The molecule has 0 bridgehead atoms. The van der Waals surface area contributed by atoms with E-state index < -0.39 is 0 Å². The summed E-state index contributed by atoms with van der Waals surface area (Å²) < 4.78 is 1.77. The second-order valence-corrected chi connectivity index (χ2v) is 9.18. The summed E-state index contributed by atoms with van der Waals surface area (Å²) >= 11 is 6.65. The summed E-state index contributed by atoms with van der Waals surface area (Å²) in [5.41, 5.74) is 6.04. The smallest absolute Gasteiger partial charge is 0.246 e. The quantitative estimate of drug-likeness (QED) is 0.404. The molecule has 0 atom stereocenters. The molecule has 1 fully saturated rings. The summed E-state index contributed by atoms with van der Waals surface area (Å²) in [6.07, 6.45) is 9.14. The molecule has 0 aliphatic carbocycles. The van der Waals surface area contributed by atoms with Crippen molar-refractivity contribution >= 4 is 40.6 Å². The molecular formula is C27H27ClN6O. The van der Waals surface area contributed by atoms with Gasteiger partial charge in [0.2, 0.25) is 5.91 Å². The Morgan fingerprint density at radius 2 is 1.91 bits per heavy atom. The molecule has 2 aromatic carbocycles. The van der Waals surface area contributed by atoms with E-state index in [2.05, 4.69) is 57.1 Å². The van der Waals surface area contributed by atoms with Gasteiger partial charge in [-0.05, 0) is 41.5 Å². The van der Waals surface area contributed by atoms with Crippen LogP contribution in [0.5, 0.6) is 0 Å². The second-order valence-electron chi connectivity index (χ2n) is 8.77. The van der Waals surface area contributed by atoms with Gasteiger partial charge in [0, 0.05) is 62.5 Å². The molecule has 1 aliphatic rings. The van der Waals surface area contributed by atoms with Crippen molar-refractivity contribution in [1.29, 1.82) is 0 Å². The Labute approximate surface area is 209 Å². The van der Waals surface area contributed by atoms with E-state index in [0.29, 0.717) is 5.02 Å². The minimum absolute atomic E-state index is 0.0104. The van der Waals surface area contributed by atoms with Crippen LogP contribution in [0.3, 0.4) is 0 Å². The van der Waals surface area contributed by atoms with Gasteiger partial charge < -0.3 is 4.90 Å². The number of aromatic amines is 1. The van der Waals surface area contributed by atoms with E-state index in [-0.39, 0.29) is 5.91 Å². The summed E-state index contributed by atoms with van der Waals surface area (Å²) in [4.78, 5) is 16.0. The van der Waals surface area contributed by atoms with E-state index in [1.54, 1.807) is 4.68 Å². The Kier molecular flexibility index (Phi) is 6.53. The molecule has 2 aromatic heterocycles. The standard InChI is InChI=1S/C27H27ClN6O/c1-3-27(35)34-12-10-33(11-13-34)18-19-4-7-21(8-5-19)22-14-23-25(30-31-26(23)15-24(22)28)9-6-20-16-29-32(2)17-20/h3-9,14-17H,1,10-13,18H2,2H3,(H,30,31)/b9-6+. The average Bonchev–Trinajstić information content (AvgIpc) is 3.47. The molecule has 3 heterocycles. The van der Waals surface area contributed by atoms with Crippen molar-refractivity contribution in [1.82, 2.24) is 29.8 Å². The van der Waals surface area contributed by atoms with Gasteiger partial charge in [0.05, 0.1) is 22.4 Å². The molecule has 7 nitrogen and oxygen atoms in total. The highest BCUT2D eigenvalue weighted by atomic mass is 35.5. The number of hydrogen-bond donors (Lipinski definition) is 1. The molecule has 1 N–H and O–H groups in total. The number of halogens is 1. The number of nitrogens with zero attached hydrogens (tertiary/aromatic N) is 5. The van der Waals surface area contributed by atoms with E-state index in [9.17, 15) is 4.79 Å². The van der Waals surface area contributed by atoms with Crippen LogP contribution < -0.4 is 0 Å². The van der Waals surface area contributed by atoms with Gasteiger partial charge in [0.25, 0.3) is 0 Å². The van der Waals surface area contributed by atoms with E-state index in [1.165, 1.54) is 11.6 Å². The predicted octanol–water partition coefficient (Wildman–Crippen LogP) is 4.62. The van der Waals surface area contributed by atoms with Crippen LogP contribution in [-0.2, 0) is 18.4 Å². The maximum atomic E-state index is 11.8. The van der Waals surface area contributed by atoms with Crippen LogP contribution >= 0.6 is 11.6 Å². The fourth-order valence-electron chi connectivity index (χ4n) is 4.41. The number of hydrogen-bond acceptors (Lipinski definition) is 4. The molecule has 35 heavy (non-hydrogen) atoms. The Morgan fingerprint density at radius 3 is 2.60 bits per heavy atom. The fourth-order valence-corrected chi connectivity index (χ4v) is 4.68. The zero-order valence-electron chi connectivity index (χ0n) is 19.6. The summed E-state index contributed by atoms with van der Waals surface area (Å²) in [5, 5.41) is 13.4. The third-order valence-electron chi connectivity index (χ3n) is 6.37. The molecule has 4 aromatic rings. The normalized spacial score (nSPS) is 14.7. The van der Waals surface area contributed by atoms with Crippen LogP contribution in [-0.4, -0.2) is 61.9 Å². The fraction of sp³-hybridized carbons (Fsp3) is 0.222. The van der Waals surface area contributed by atoms with E-state index in [4.69, 9.17) is 11.6 Å². The minimum Gasteiger partial charge on any atom is -0.337 e. The lowest BCUT2D eigenvalue weighted by Gasteiger charge is -2.34. The first-order valence-electron chi connectivity index (χ1n) is 11.6. The third kappa shape index (κ3) is 5.06. The second kappa shape index (κ2) is 9.90. The molecule has 1 aliphatic heterocycles. The first-order chi connectivity index (χ1) is 17.0. The molecular weight excluding hydrogens is 460 g/mol. The van der Waals surface area contributed by atoms with Crippen LogP contribution in [0.15, 0.2) is 61.4 Å². The number of rotatable bonds is 6. The molecule has 1 amide bonds. The molecule has 8 heteroatoms. The van der Waals surface area contributed by atoms with Crippen LogP contribution in [0.1, 0.15) is 16.8 Å². The Bertz CT molecular complexity index is 1390. The van der Waals surface area contributed by atoms with Gasteiger partial charge in [0.15, 0.2) is 0 Å². The molecule has 0 saturated carbocycles. The zero-order valence-corrected chi connectivity index (χ0v) is 20.4. The lowest BCUT2D eigenvalue weighted by atomic mass is 10.0. The van der Waals surface area contributed by atoms with Crippen molar-refractivity contribution in [3.8, 4) is 11.1 Å². The Hall–Kier alpha value is -3.68. The number of benzene rings is 2. The number of nitrogens with one attached hydrogen (secondary N) is 1. The number of H-pyrrole nitrogens is 1. The highest BCUT2D eigenvalue weighted by Crippen LogP contribution is 2.33. The number of fused-ring (bicyclic) bond motifs is 1. The van der Waals surface area contributed by atoms with Crippen molar-refractivity contribution in [3.05, 3.63) is 83.3 Å². The summed E-state index contributed by atoms with van der Waals surface area (Å²) in [5.74, 6) is 0.0104. The van der Waals surface area contributed by atoms with Gasteiger partial charge in [0.1, 0.15) is 0 Å². The predicted molar refractivity (Wildman–Crippen MR) is 141 cm³/mol. The van der Waals surface area contributed by atoms with Gasteiger partial charge in [-0.2, -0.15) is 10.2 Å². The third-order valence-corrected chi connectivity index (χ3v) is 6.68. The first kappa shape index (κ1) is 23.1. The van der Waals surface area contributed by atoms with Gasteiger partial charge in [-0.25, -0.2) is 0 Å². The monoisotopic (exact) mass is 486 g/mol. The first-order valence-corrected chi connectivity index (χ1v) is 12.0. The molecule has 0 radical (unpaired) electrons. The topological polar surface area (TPSA) is 70.1 Å². The van der Waals surface area contributed by atoms with Gasteiger partial charge in [-0.15, -0.1) is 0 Å². The zero-order chi connectivity index (χ0) is 24.4. The number of aryl methyl sites for hydroxylation is 1. The number of carbonyl (C=O) groups excluding carboxylic acids is 1. The lowest BCUT2D eigenvalue weighted by molar-refractivity contribution is -0.127. The van der Waals surface area contributed by atoms with Crippen molar-refractivity contribution in [2.24, 2.45) is 7.05 Å². The number of carbonyl (C=O) groups is 1. The van der Waals surface area contributed by atoms with E-state index >= 15 is 0 Å². The van der Waals surface area contributed by atoms with E-state index in [1.807, 2.05) is 42.6 Å². The average molecular weight is 487 g/mol. The lowest BCUT2D eigenvalue weighted by Crippen LogP contribution is -2.47. The molecule has 178 valence electrons. The molecule has 0 unspecified atom stereocenters. The summed E-state index contributed by atoms with van der Waals surface area (Å²) in [6, 6.07) is 12.6. The van der Waals surface area contributed by atoms with Crippen molar-refractivity contribution in [2.75, 3.05) is 26.2 Å². The minimum atomic E-state index is 0.0104. The van der Waals surface area contributed by atoms with E-state index in [0.717, 1.165) is 66.0 Å². The highest BCUT2D eigenvalue weighted by molar-refractivity contribution is 6.34. The van der Waals surface area contributed by atoms with Crippen molar-refractivity contribution < 1.29 is 4.79 Å². The van der Waals surface area contributed by atoms with Crippen LogP contribution in [0.4, 0.5) is 0 Å².